The summed E-state index contributed by atoms with van der Waals surface area (Å²) in [6.07, 6.45) is 2.09. The number of aldehydes is 1. The van der Waals surface area contributed by atoms with Crippen LogP contribution in [-0.2, 0) is 0 Å². The lowest BCUT2D eigenvalue weighted by Gasteiger charge is -2.02. The number of hydrogen-bond donors (Lipinski definition) is 0. The third-order valence-corrected chi connectivity index (χ3v) is 2.56. The molecule has 2 rings (SSSR count). The van der Waals surface area contributed by atoms with Crippen LogP contribution in [-0.4, -0.2) is 16.1 Å². The van der Waals surface area contributed by atoms with Gasteiger partial charge < -0.3 is 0 Å². The molecule has 0 aliphatic carbocycles. The number of carbonyl (C=O) groups is 1. The number of halogens is 2. The van der Waals surface area contributed by atoms with E-state index in [-0.39, 0.29) is 0 Å². The number of benzene rings is 1. The molecule has 15 heavy (non-hydrogen) atoms. The lowest BCUT2D eigenvalue weighted by atomic mass is 10.3. The fourth-order valence-corrected chi connectivity index (χ4v) is 1.55. The summed E-state index contributed by atoms with van der Waals surface area (Å²) < 4.78 is 1.47. The average Bonchev–Trinajstić information content (AvgIpc) is 2.61. The van der Waals surface area contributed by atoms with Gasteiger partial charge in [-0.3, -0.25) is 4.79 Å². The summed E-state index contributed by atoms with van der Waals surface area (Å²) in [4.78, 5) is 10.6. The van der Waals surface area contributed by atoms with Crippen LogP contribution in [0.2, 0.25) is 10.2 Å². The van der Waals surface area contributed by atoms with Gasteiger partial charge in [0, 0.05) is 5.02 Å². The number of aromatic nitrogens is 2. The van der Waals surface area contributed by atoms with Crippen LogP contribution in [0.25, 0.3) is 5.69 Å². The van der Waals surface area contributed by atoms with E-state index in [0.29, 0.717) is 22.0 Å². The fraction of sp³-hybridized carbons (Fsp3) is 0. The van der Waals surface area contributed by atoms with Gasteiger partial charge in [-0.15, -0.1) is 0 Å². The van der Waals surface area contributed by atoms with Crippen LogP contribution in [0.3, 0.4) is 0 Å². The summed E-state index contributed by atoms with van der Waals surface area (Å²) in [5.41, 5.74) is 1.13. The van der Waals surface area contributed by atoms with E-state index in [1.54, 1.807) is 24.3 Å². The number of nitrogens with zero attached hydrogens (tertiary/aromatic N) is 2. The second kappa shape index (κ2) is 4.04. The van der Waals surface area contributed by atoms with Crippen LogP contribution < -0.4 is 0 Å². The van der Waals surface area contributed by atoms with E-state index >= 15 is 0 Å². The summed E-state index contributed by atoms with van der Waals surface area (Å²) >= 11 is 11.7. The molecule has 0 radical (unpaired) electrons. The molecule has 2 aromatic rings. The Morgan fingerprint density at radius 2 is 1.87 bits per heavy atom. The molecule has 0 saturated carbocycles. The monoisotopic (exact) mass is 240 g/mol. The molecule has 0 spiro atoms. The molecular formula is C10H6Cl2N2O. The Labute approximate surface area is 96.2 Å². The SMILES string of the molecule is O=Cc1cnn(-c2ccc(Cl)cc2)c1Cl. The summed E-state index contributed by atoms with van der Waals surface area (Å²) in [5.74, 6) is 0. The fourth-order valence-electron chi connectivity index (χ4n) is 1.19. The smallest absolute Gasteiger partial charge is 0.154 e. The van der Waals surface area contributed by atoms with Crippen LogP contribution in [0.15, 0.2) is 30.5 Å². The van der Waals surface area contributed by atoms with Crippen LogP contribution in [0.1, 0.15) is 10.4 Å². The zero-order valence-corrected chi connectivity index (χ0v) is 9.03. The minimum absolute atomic E-state index is 0.298. The number of rotatable bonds is 2. The molecule has 0 unspecified atom stereocenters. The van der Waals surface area contributed by atoms with Gasteiger partial charge in [-0.25, -0.2) is 4.68 Å². The Kier molecular flexibility index (Phi) is 2.75. The maximum absolute atomic E-state index is 10.6. The average molecular weight is 241 g/mol. The highest BCUT2D eigenvalue weighted by molar-refractivity contribution is 6.32. The van der Waals surface area contributed by atoms with Crippen molar-refractivity contribution in [1.29, 1.82) is 0 Å². The van der Waals surface area contributed by atoms with Gasteiger partial charge in [0.25, 0.3) is 0 Å². The van der Waals surface area contributed by atoms with Crippen LogP contribution >= 0.6 is 23.2 Å². The summed E-state index contributed by atoms with van der Waals surface area (Å²) in [6, 6.07) is 7.01. The van der Waals surface area contributed by atoms with Crippen molar-refractivity contribution < 1.29 is 4.79 Å². The quantitative estimate of drug-likeness (QED) is 0.757. The Morgan fingerprint density at radius 1 is 1.20 bits per heavy atom. The van der Waals surface area contributed by atoms with Gasteiger partial charge in [-0.1, -0.05) is 23.2 Å². The molecule has 0 aliphatic rings. The molecule has 0 fully saturated rings. The van der Waals surface area contributed by atoms with Gasteiger partial charge >= 0.3 is 0 Å². The first-order chi connectivity index (χ1) is 7.22. The molecule has 0 aliphatic heterocycles. The van der Waals surface area contributed by atoms with Gasteiger partial charge in [0.1, 0.15) is 5.15 Å². The van der Waals surface area contributed by atoms with Crippen LogP contribution in [0, 0.1) is 0 Å². The van der Waals surface area contributed by atoms with Crippen molar-refractivity contribution in [2.75, 3.05) is 0 Å². The van der Waals surface area contributed by atoms with Crippen molar-refractivity contribution in [3.63, 3.8) is 0 Å². The molecule has 0 saturated heterocycles. The van der Waals surface area contributed by atoms with E-state index in [0.717, 1.165) is 5.69 Å². The predicted molar refractivity (Wildman–Crippen MR) is 59.0 cm³/mol. The molecule has 0 amide bonds. The van der Waals surface area contributed by atoms with Gasteiger partial charge in [0.15, 0.2) is 6.29 Å². The van der Waals surface area contributed by atoms with E-state index < -0.39 is 0 Å². The molecule has 1 heterocycles. The Bertz CT molecular complexity index is 491. The molecule has 0 bridgehead atoms. The molecule has 1 aromatic heterocycles. The topological polar surface area (TPSA) is 34.9 Å². The van der Waals surface area contributed by atoms with E-state index in [9.17, 15) is 4.79 Å². The lowest BCUT2D eigenvalue weighted by molar-refractivity contribution is 0.112. The summed E-state index contributed by atoms with van der Waals surface area (Å²) in [5, 5.41) is 4.93. The van der Waals surface area contributed by atoms with Crippen molar-refractivity contribution >= 4 is 29.5 Å². The Morgan fingerprint density at radius 3 is 2.40 bits per heavy atom. The van der Waals surface area contributed by atoms with E-state index in [4.69, 9.17) is 23.2 Å². The molecule has 0 atom stereocenters. The Balaban J connectivity index is 2.49. The maximum Gasteiger partial charge on any atom is 0.154 e. The van der Waals surface area contributed by atoms with E-state index in [1.165, 1.54) is 10.9 Å². The van der Waals surface area contributed by atoms with Crippen molar-refractivity contribution in [1.82, 2.24) is 9.78 Å². The predicted octanol–water partition coefficient (Wildman–Crippen LogP) is 2.99. The highest BCUT2D eigenvalue weighted by atomic mass is 35.5. The number of carbonyl (C=O) groups excluding carboxylic acids is 1. The molecule has 0 N–H and O–H groups in total. The number of hydrogen-bond acceptors (Lipinski definition) is 2. The van der Waals surface area contributed by atoms with Crippen LogP contribution in [0.4, 0.5) is 0 Å². The standard InChI is InChI=1S/C10H6Cl2N2O/c11-8-1-3-9(4-2-8)14-10(12)7(6-15)5-13-14/h1-6H. The molecule has 1 aromatic carbocycles. The normalized spacial score (nSPS) is 10.3. The molecule has 3 nitrogen and oxygen atoms in total. The maximum atomic E-state index is 10.6. The minimum Gasteiger partial charge on any atom is -0.298 e. The van der Waals surface area contributed by atoms with Gasteiger partial charge in [-0.2, -0.15) is 5.10 Å². The molecule has 76 valence electrons. The first kappa shape index (κ1) is 10.2. The van der Waals surface area contributed by atoms with Crippen molar-refractivity contribution in [2.24, 2.45) is 0 Å². The third-order valence-electron chi connectivity index (χ3n) is 1.93. The summed E-state index contributed by atoms with van der Waals surface area (Å²) in [6.45, 7) is 0. The largest absolute Gasteiger partial charge is 0.298 e. The van der Waals surface area contributed by atoms with Crippen molar-refractivity contribution in [3.05, 3.63) is 46.2 Å². The molecule has 5 heteroatoms. The zero-order chi connectivity index (χ0) is 10.8. The van der Waals surface area contributed by atoms with Crippen molar-refractivity contribution in [3.8, 4) is 5.69 Å². The zero-order valence-electron chi connectivity index (χ0n) is 7.52. The van der Waals surface area contributed by atoms with E-state index in [2.05, 4.69) is 5.10 Å². The Hall–Kier alpha value is -1.32. The van der Waals surface area contributed by atoms with Crippen LogP contribution in [0.5, 0.6) is 0 Å². The van der Waals surface area contributed by atoms with Gasteiger partial charge in [0.05, 0.1) is 17.4 Å². The van der Waals surface area contributed by atoms with E-state index in [1.807, 2.05) is 0 Å². The minimum atomic E-state index is 0.298. The second-order valence-corrected chi connectivity index (χ2v) is 3.69. The van der Waals surface area contributed by atoms with Gasteiger partial charge in [-0.05, 0) is 24.3 Å². The second-order valence-electron chi connectivity index (χ2n) is 2.90. The molecular weight excluding hydrogens is 235 g/mol. The lowest BCUT2D eigenvalue weighted by Crippen LogP contribution is -1.95. The van der Waals surface area contributed by atoms with Crippen molar-refractivity contribution in [2.45, 2.75) is 0 Å². The third kappa shape index (κ3) is 1.89. The highest BCUT2D eigenvalue weighted by Crippen LogP contribution is 2.20. The highest BCUT2D eigenvalue weighted by Gasteiger charge is 2.08. The first-order valence-electron chi connectivity index (χ1n) is 4.17. The summed E-state index contributed by atoms with van der Waals surface area (Å²) in [7, 11) is 0. The first-order valence-corrected chi connectivity index (χ1v) is 4.92. The van der Waals surface area contributed by atoms with Gasteiger partial charge in [0.2, 0.25) is 0 Å².